The molecular weight excluding hydrogens is 263 g/mol. The lowest BCUT2D eigenvalue weighted by molar-refractivity contribution is 0.260. The van der Waals surface area contributed by atoms with Crippen molar-refractivity contribution in [2.24, 2.45) is 5.73 Å². The molecule has 0 saturated heterocycles. The van der Waals surface area contributed by atoms with E-state index < -0.39 is 6.10 Å². The molecule has 82 valence electrons. The molecule has 0 saturated carbocycles. The largest absolute Gasteiger partial charge is 0.483 e. The zero-order valence-electron chi connectivity index (χ0n) is 8.26. The van der Waals surface area contributed by atoms with Crippen molar-refractivity contribution in [2.75, 3.05) is 0 Å². The van der Waals surface area contributed by atoms with Gasteiger partial charge in [0.25, 0.3) is 0 Å². The highest BCUT2D eigenvalue weighted by Crippen LogP contribution is 2.22. The maximum absolute atomic E-state index is 12.9. The van der Waals surface area contributed by atoms with E-state index in [2.05, 4.69) is 15.9 Å². The standard InChI is InChI=1S/C10H12BrFN2O/c1-2-9(10(13)14)15-6-3-4-8(12)7(11)5-6/h3-5,9H,2H2,1H3,(H3,13,14). The van der Waals surface area contributed by atoms with Crippen molar-refractivity contribution in [1.29, 1.82) is 5.41 Å². The molecule has 3 nitrogen and oxygen atoms in total. The lowest BCUT2D eigenvalue weighted by Gasteiger charge is -2.16. The zero-order chi connectivity index (χ0) is 11.4. The van der Waals surface area contributed by atoms with Gasteiger partial charge in [0.2, 0.25) is 0 Å². The average Bonchev–Trinajstić information content (AvgIpc) is 2.19. The van der Waals surface area contributed by atoms with E-state index in [1.54, 1.807) is 0 Å². The molecule has 0 spiro atoms. The topological polar surface area (TPSA) is 59.1 Å². The number of nitrogens with two attached hydrogens (primary N) is 1. The highest BCUT2D eigenvalue weighted by atomic mass is 79.9. The average molecular weight is 275 g/mol. The molecule has 0 aromatic heterocycles. The Kier molecular flexibility index (Phi) is 4.08. The normalized spacial score (nSPS) is 12.2. The Hall–Kier alpha value is -1.10. The van der Waals surface area contributed by atoms with Crippen molar-refractivity contribution in [3.05, 3.63) is 28.5 Å². The number of halogens is 2. The summed E-state index contributed by atoms with van der Waals surface area (Å²) < 4.78 is 18.7. The highest BCUT2D eigenvalue weighted by molar-refractivity contribution is 9.10. The van der Waals surface area contributed by atoms with E-state index in [4.69, 9.17) is 15.9 Å². The van der Waals surface area contributed by atoms with E-state index in [1.807, 2.05) is 6.92 Å². The van der Waals surface area contributed by atoms with Gasteiger partial charge in [-0.2, -0.15) is 0 Å². The van der Waals surface area contributed by atoms with Crippen LogP contribution in [0.4, 0.5) is 4.39 Å². The van der Waals surface area contributed by atoms with Gasteiger partial charge in [0.1, 0.15) is 17.4 Å². The van der Waals surface area contributed by atoms with E-state index in [0.717, 1.165) is 0 Å². The smallest absolute Gasteiger partial charge is 0.155 e. The van der Waals surface area contributed by atoms with Crippen molar-refractivity contribution >= 4 is 21.8 Å². The summed E-state index contributed by atoms with van der Waals surface area (Å²) in [5, 5.41) is 7.26. The van der Waals surface area contributed by atoms with Gasteiger partial charge in [0, 0.05) is 0 Å². The van der Waals surface area contributed by atoms with Crippen molar-refractivity contribution in [3.63, 3.8) is 0 Å². The first-order chi connectivity index (χ1) is 7.04. The van der Waals surface area contributed by atoms with Gasteiger partial charge in [-0.1, -0.05) is 6.92 Å². The summed E-state index contributed by atoms with van der Waals surface area (Å²) in [7, 11) is 0. The summed E-state index contributed by atoms with van der Waals surface area (Å²) in [5.41, 5.74) is 5.34. The molecule has 1 rings (SSSR count). The molecule has 0 aliphatic carbocycles. The third-order valence-electron chi connectivity index (χ3n) is 1.89. The number of hydrogen-bond donors (Lipinski definition) is 2. The number of hydrogen-bond acceptors (Lipinski definition) is 2. The maximum atomic E-state index is 12.9. The van der Waals surface area contributed by atoms with Crippen LogP contribution in [0, 0.1) is 11.2 Å². The second-order valence-electron chi connectivity index (χ2n) is 3.05. The van der Waals surface area contributed by atoms with Crippen LogP contribution in [0.25, 0.3) is 0 Å². The molecule has 0 aliphatic heterocycles. The molecule has 0 heterocycles. The molecule has 1 unspecified atom stereocenters. The van der Waals surface area contributed by atoms with Gasteiger partial charge in [-0.05, 0) is 40.5 Å². The Morgan fingerprint density at radius 3 is 2.80 bits per heavy atom. The molecule has 0 radical (unpaired) electrons. The van der Waals surface area contributed by atoms with Gasteiger partial charge < -0.3 is 10.5 Å². The molecule has 1 aromatic carbocycles. The maximum Gasteiger partial charge on any atom is 0.155 e. The Labute approximate surface area is 96.1 Å². The minimum atomic E-state index is -0.456. The molecule has 1 atom stereocenters. The fourth-order valence-electron chi connectivity index (χ4n) is 1.08. The minimum Gasteiger partial charge on any atom is -0.483 e. The van der Waals surface area contributed by atoms with Crippen molar-refractivity contribution < 1.29 is 9.13 Å². The molecule has 3 N–H and O–H groups in total. The SMILES string of the molecule is CCC(Oc1ccc(F)c(Br)c1)C(=N)N. The fourth-order valence-corrected chi connectivity index (χ4v) is 1.44. The van der Waals surface area contributed by atoms with E-state index >= 15 is 0 Å². The third-order valence-corrected chi connectivity index (χ3v) is 2.49. The number of amidine groups is 1. The highest BCUT2D eigenvalue weighted by Gasteiger charge is 2.11. The van der Waals surface area contributed by atoms with Crippen LogP contribution in [-0.2, 0) is 0 Å². The van der Waals surface area contributed by atoms with Gasteiger partial charge >= 0.3 is 0 Å². The summed E-state index contributed by atoms with van der Waals surface area (Å²) in [6.45, 7) is 1.87. The first kappa shape index (κ1) is 12.0. The molecule has 0 amide bonds. The number of benzene rings is 1. The molecular formula is C10H12BrFN2O. The second-order valence-corrected chi connectivity index (χ2v) is 3.90. The van der Waals surface area contributed by atoms with E-state index in [1.165, 1.54) is 18.2 Å². The summed E-state index contributed by atoms with van der Waals surface area (Å²) >= 11 is 3.05. The molecule has 0 fully saturated rings. The Bertz CT molecular complexity index is 370. The van der Waals surface area contributed by atoms with Gasteiger partial charge in [-0.25, -0.2) is 4.39 Å². The van der Waals surface area contributed by atoms with Gasteiger partial charge in [0.05, 0.1) is 4.47 Å². The van der Waals surface area contributed by atoms with Crippen molar-refractivity contribution in [1.82, 2.24) is 0 Å². The number of ether oxygens (including phenoxy) is 1. The lowest BCUT2D eigenvalue weighted by Crippen LogP contribution is -2.32. The number of nitrogens with one attached hydrogen (secondary N) is 1. The van der Waals surface area contributed by atoms with Crippen molar-refractivity contribution in [3.8, 4) is 5.75 Å². The molecule has 5 heteroatoms. The summed E-state index contributed by atoms with van der Waals surface area (Å²) in [6.07, 6.45) is 0.145. The summed E-state index contributed by atoms with van der Waals surface area (Å²) in [5.74, 6) is 0.112. The quantitative estimate of drug-likeness (QED) is 0.655. The van der Waals surface area contributed by atoms with Gasteiger partial charge in [-0.3, -0.25) is 5.41 Å². The third kappa shape index (κ3) is 3.20. The van der Waals surface area contributed by atoms with Crippen LogP contribution in [0.15, 0.2) is 22.7 Å². The Morgan fingerprint density at radius 1 is 1.67 bits per heavy atom. The minimum absolute atomic E-state index is 0.0297. The van der Waals surface area contributed by atoms with E-state index in [9.17, 15) is 4.39 Å². The van der Waals surface area contributed by atoms with Crippen LogP contribution >= 0.6 is 15.9 Å². The number of rotatable bonds is 4. The Balaban J connectivity index is 2.80. The van der Waals surface area contributed by atoms with Crippen LogP contribution in [0.2, 0.25) is 0 Å². The molecule has 15 heavy (non-hydrogen) atoms. The fraction of sp³-hybridized carbons (Fsp3) is 0.300. The van der Waals surface area contributed by atoms with Gasteiger partial charge in [0.15, 0.2) is 6.10 Å². The molecule has 0 bridgehead atoms. The second kappa shape index (κ2) is 5.11. The lowest BCUT2D eigenvalue weighted by atomic mass is 10.2. The monoisotopic (exact) mass is 274 g/mol. The zero-order valence-corrected chi connectivity index (χ0v) is 9.84. The van der Waals surface area contributed by atoms with Crippen LogP contribution in [0.3, 0.4) is 0 Å². The Morgan fingerprint density at radius 2 is 2.33 bits per heavy atom. The summed E-state index contributed by atoms with van der Waals surface area (Å²) in [4.78, 5) is 0. The first-order valence-electron chi connectivity index (χ1n) is 4.50. The van der Waals surface area contributed by atoms with Crippen LogP contribution in [-0.4, -0.2) is 11.9 Å². The predicted octanol–water partition coefficient (Wildman–Crippen LogP) is 2.68. The molecule has 1 aromatic rings. The molecule has 0 aliphatic rings. The van der Waals surface area contributed by atoms with Crippen LogP contribution in [0.1, 0.15) is 13.3 Å². The van der Waals surface area contributed by atoms with E-state index in [0.29, 0.717) is 16.6 Å². The van der Waals surface area contributed by atoms with Gasteiger partial charge in [-0.15, -0.1) is 0 Å². The first-order valence-corrected chi connectivity index (χ1v) is 5.29. The van der Waals surface area contributed by atoms with E-state index in [-0.39, 0.29) is 11.7 Å². The van der Waals surface area contributed by atoms with Crippen molar-refractivity contribution in [2.45, 2.75) is 19.4 Å². The van der Waals surface area contributed by atoms with Crippen LogP contribution < -0.4 is 10.5 Å². The van der Waals surface area contributed by atoms with Crippen LogP contribution in [0.5, 0.6) is 5.75 Å². The summed E-state index contributed by atoms with van der Waals surface area (Å²) in [6, 6.07) is 4.32. The predicted molar refractivity (Wildman–Crippen MR) is 60.7 cm³/mol.